The van der Waals surface area contributed by atoms with Gasteiger partial charge in [-0.05, 0) is 18.8 Å². The molecule has 1 saturated heterocycles. The average molecular weight is 265 g/mol. The maximum Gasteiger partial charge on any atom is 0.273 e. The highest BCUT2D eigenvalue weighted by atomic mass is 16.5. The highest BCUT2D eigenvalue weighted by molar-refractivity contribution is 5.91. The van der Waals surface area contributed by atoms with E-state index in [-0.39, 0.29) is 5.91 Å². The lowest BCUT2D eigenvalue weighted by Crippen LogP contribution is -2.34. The molecule has 0 bridgehead atoms. The van der Waals surface area contributed by atoms with Crippen molar-refractivity contribution in [2.45, 2.75) is 12.8 Å². The molecule has 0 saturated carbocycles. The van der Waals surface area contributed by atoms with Crippen LogP contribution in [0, 0.1) is 5.92 Å². The highest BCUT2D eigenvalue weighted by Gasteiger charge is 2.20. The number of ether oxygens (including phenoxy) is 1. The minimum absolute atomic E-state index is 0.123. The molecule has 1 aromatic rings. The molecule has 3 N–H and O–H groups in total. The monoisotopic (exact) mass is 265 g/mol. The normalized spacial score (nSPS) is 16.1. The summed E-state index contributed by atoms with van der Waals surface area (Å²) in [5.41, 5.74) is 2.70. The largest absolute Gasteiger partial charge is 0.381 e. The SMILES string of the molecule is CN(CC1CCOCC1)C(=O)c1cnc(NN)cn1. The van der Waals surface area contributed by atoms with Gasteiger partial charge >= 0.3 is 0 Å². The standard InChI is InChI=1S/C12H19N5O2/c1-17(8-9-2-4-19-5-3-9)12(18)10-6-15-11(16-13)7-14-10/h6-7,9H,2-5,8,13H2,1H3,(H,15,16). The molecule has 1 aliphatic heterocycles. The van der Waals surface area contributed by atoms with Crippen LogP contribution in [0.2, 0.25) is 0 Å². The topological polar surface area (TPSA) is 93.4 Å². The van der Waals surface area contributed by atoms with Gasteiger partial charge in [0.2, 0.25) is 0 Å². The molecule has 7 nitrogen and oxygen atoms in total. The van der Waals surface area contributed by atoms with Crippen molar-refractivity contribution >= 4 is 11.7 Å². The second-order valence-corrected chi connectivity index (χ2v) is 4.67. The number of nitrogen functional groups attached to an aromatic ring is 1. The quantitative estimate of drug-likeness (QED) is 0.599. The van der Waals surface area contributed by atoms with Gasteiger partial charge in [0.15, 0.2) is 5.82 Å². The minimum Gasteiger partial charge on any atom is -0.381 e. The first-order chi connectivity index (χ1) is 9.20. The number of carbonyl (C=O) groups excluding carboxylic acids is 1. The molecule has 1 aromatic heterocycles. The number of nitrogens with zero attached hydrogens (tertiary/aromatic N) is 3. The minimum atomic E-state index is -0.123. The Bertz CT molecular complexity index is 417. The molecule has 2 heterocycles. The van der Waals surface area contributed by atoms with Gasteiger partial charge in [-0.25, -0.2) is 15.8 Å². The number of amides is 1. The summed E-state index contributed by atoms with van der Waals surface area (Å²) >= 11 is 0. The van der Waals surface area contributed by atoms with Crippen molar-refractivity contribution < 1.29 is 9.53 Å². The molecule has 0 unspecified atom stereocenters. The molecule has 1 fully saturated rings. The molecule has 0 spiro atoms. The first-order valence-electron chi connectivity index (χ1n) is 6.32. The van der Waals surface area contributed by atoms with E-state index in [0.717, 1.165) is 32.6 Å². The van der Waals surface area contributed by atoms with E-state index in [2.05, 4.69) is 15.4 Å². The third kappa shape index (κ3) is 3.62. The van der Waals surface area contributed by atoms with Gasteiger partial charge in [0, 0.05) is 26.8 Å². The van der Waals surface area contributed by atoms with Gasteiger partial charge in [0.05, 0.1) is 12.4 Å². The predicted molar refractivity (Wildman–Crippen MR) is 70.3 cm³/mol. The van der Waals surface area contributed by atoms with Gasteiger partial charge in [0.1, 0.15) is 5.69 Å². The number of anilines is 1. The Labute approximate surface area is 112 Å². The van der Waals surface area contributed by atoms with E-state index in [1.807, 2.05) is 0 Å². The molecule has 0 aliphatic carbocycles. The van der Waals surface area contributed by atoms with Crippen LogP contribution >= 0.6 is 0 Å². The number of nitrogens with one attached hydrogen (secondary N) is 1. The Morgan fingerprint density at radius 2 is 2.21 bits per heavy atom. The van der Waals surface area contributed by atoms with E-state index in [4.69, 9.17) is 10.6 Å². The van der Waals surface area contributed by atoms with Crippen molar-refractivity contribution in [3.8, 4) is 0 Å². The van der Waals surface area contributed by atoms with Crippen LogP contribution in [0.3, 0.4) is 0 Å². The fourth-order valence-electron chi connectivity index (χ4n) is 2.11. The number of aromatic nitrogens is 2. The van der Waals surface area contributed by atoms with Crippen molar-refractivity contribution in [1.82, 2.24) is 14.9 Å². The summed E-state index contributed by atoms with van der Waals surface area (Å²) < 4.78 is 5.31. The first kappa shape index (κ1) is 13.7. The van der Waals surface area contributed by atoms with Gasteiger partial charge in [-0.1, -0.05) is 0 Å². The van der Waals surface area contributed by atoms with E-state index in [1.165, 1.54) is 12.4 Å². The van der Waals surface area contributed by atoms with Gasteiger partial charge < -0.3 is 15.1 Å². The first-order valence-corrected chi connectivity index (χ1v) is 6.32. The number of nitrogens with two attached hydrogens (primary N) is 1. The molecule has 19 heavy (non-hydrogen) atoms. The summed E-state index contributed by atoms with van der Waals surface area (Å²) in [6, 6.07) is 0. The van der Waals surface area contributed by atoms with E-state index >= 15 is 0 Å². The van der Waals surface area contributed by atoms with E-state index in [1.54, 1.807) is 11.9 Å². The summed E-state index contributed by atoms with van der Waals surface area (Å²) in [5, 5.41) is 0. The van der Waals surface area contributed by atoms with Gasteiger partial charge in [-0.3, -0.25) is 4.79 Å². The van der Waals surface area contributed by atoms with E-state index in [9.17, 15) is 4.79 Å². The maximum atomic E-state index is 12.2. The smallest absolute Gasteiger partial charge is 0.273 e. The van der Waals surface area contributed by atoms with Gasteiger partial charge in [0.25, 0.3) is 5.91 Å². The van der Waals surface area contributed by atoms with Crippen LogP contribution in [-0.4, -0.2) is 47.6 Å². The Morgan fingerprint density at radius 1 is 1.47 bits per heavy atom. The van der Waals surface area contributed by atoms with Crippen molar-refractivity contribution in [1.29, 1.82) is 0 Å². The molecule has 1 aliphatic rings. The number of hydrogen-bond acceptors (Lipinski definition) is 6. The van der Waals surface area contributed by atoms with Crippen LogP contribution in [-0.2, 0) is 4.74 Å². The fourth-order valence-corrected chi connectivity index (χ4v) is 2.11. The Kier molecular flexibility index (Phi) is 4.64. The van der Waals surface area contributed by atoms with Crippen molar-refractivity contribution in [3.63, 3.8) is 0 Å². The lowest BCUT2D eigenvalue weighted by molar-refractivity contribution is 0.0495. The third-order valence-electron chi connectivity index (χ3n) is 3.24. The summed E-state index contributed by atoms with van der Waals surface area (Å²) in [6.45, 7) is 2.29. The number of carbonyl (C=O) groups is 1. The van der Waals surface area contributed by atoms with Crippen LogP contribution in [0.25, 0.3) is 0 Å². The zero-order chi connectivity index (χ0) is 13.7. The lowest BCUT2D eigenvalue weighted by Gasteiger charge is -2.26. The highest BCUT2D eigenvalue weighted by Crippen LogP contribution is 2.16. The van der Waals surface area contributed by atoms with Crippen molar-refractivity contribution in [3.05, 3.63) is 18.1 Å². The molecular weight excluding hydrogens is 246 g/mol. The van der Waals surface area contributed by atoms with Gasteiger partial charge in [-0.15, -0.1) is 0 Å². The fraction of sp³-hybridized carbons (Fsp3) is 0.583. The Balaban J connectivity index is 1.93. The average Bonchev–Trinajstić information content (AvgIpc) is 2.47. The molecule has 2 rings (SSSR count). The zero-order valence-corrected chi connectivity index (χ0v) is 11.0. The van der Waals surface area contributed by atoms with Crippen LogP contribution in [0.4, 0.5) is 5.82 Å². The molecule has 0 atom stereocenters. The van der Waals surface area contributed by atoms with Crippen molar-refractivity contribution in [2.24, 2.45) is 11.8 Å². The molecule has 0 radical (unpaired) electrons. The summed E-state index contributed by atoms with van der Waals surface area (Å²) in [4.78, 5) is 21.9. The van der Waals surface area contributed by atoms with E-state index in [0.29, 0.717) is 17.4 Å². The van der Waals surface area contributed by atoms with Crippen LogP contribution in [0.15, 0.2) is 12.4 Å². The number of hydrogen-bond donors (Lipinski definition) is 2. The Hall–Kier alpha value is -1.73. The second-order valence-electron chi connectivity index (χ2n) is 4.67. The third-order valence-corrected chi connectivity index (χ3v) is 3.24. The van der Waals surface area contributed by atoms with Crippen molar-refractivity contribution in [2.75, 3.05) is 32.2 Å². The Morgan fingerprint density at radius 3 is 2.79 bits per heavy atom. The zero-order valence-electron chi connectivity index (χ0n) is 11.0. The molecule has 0 aromatic carbocycles. The molecular formula is C12H19N5O2. The van der Waals surface area contributed by atoms with Crippen LogP contribution in [0.5, 0.6) is 0 Å². The van der Waals surface area contributed by atoms with Crippen LogP contribution in [0.1, 0.15) is 23.3 Å². The number of rotatable bonds is 4. The second kappa shape index (κ2) is 6.44. The van der Waals surface area contributed by atoms with Crippen LogP contribution < -0.4 is 11.3 Å². The summed E-state index contributed by atoms with van der Waals surface area (Å²) in [6.07, 6.45) is 4.87. The van der Waals surface area contributed by atoms with Gasteiger partial charge in [-0.2, -0.15) is 0 Å². The maximum absolute atomic E-state index is 12.2. The molecule has 1 amide bonds. The van der Waals surface area contributed by atoms with E-state index < -0.39 is 0 Å². The molecule has 104 valence electrons. The lowest BCUT2D eigenvalue weighted by atomic mass is 10.00. The predicted octanol–water partition coefficient (Wildman–Crippen LogP) is 0.261. The summed E-state index contributed by atoms with van der Waals surface area (Å²) in [5.74, 6) is 6.01. The summed E-state index contributed by atoms with van der Waals surface area (Å²) in [7, 11) is 1.79. The molecule has 7 heteroatoms. The number of hydrazine groups is 1.